The maximum Gasteiger partial charge on any atom is 0.302 e. The highest BCUT2D eigenvalue weighted by atomic mass is 16.5. The van der Waals surface area contributed by atoms with Crippen LogP contribution in [0.4, 0.5) is 0 Å². The van der Waals surface area contributed by atoms with Gasteiger partial charge in [0.2, 0.25) is 0 Å². The van der Waals surface area contributed by atoms with Crippen molar-refractivity contribution in [3.05, 3.63) is 0 Å². The van der Waals surface area contributed by atoms with E-state index in [0.717, 1.165) is 25.2 Å². The summed E-state index contributed by atoms with van der Waals surface area (Å²) >= 11 is 0. The number of rotatable bonds is 6. The van der Waals surface area contributed by atoms with Crippen molar-refractivity contribution in [2.75, 3.05) is 0 Å². The Labute approximate surface area is 81.7 Å². The van der Waals surface area contributed by atoms with Gasteiger partial charge in [-0.05, 0) is 25.2 Å². The minimum Gasteiger partial charge on any atom is -0.463 e. The quantitative estimate of drug-likeness (QED) is 0.596. The first-order valence-electron chi connectivity index (χ1n) is 5.23. The molecule has 0 rings (SSSR count). The van der Waals surface area contributed by atoms with Crippen LogP contribution >= 0.6 is 0 Å². The van der Waals surface area contributed by atoms with E-state index >= 15 is 0 Å². The van der Waals surface area contributed by atoms with E-state index in [1.54, 1.807) is 0 Å². The van der Waals surface area contributed by atoms with E-state index < -0.39 is 0 Å². The minimum atomic E-state index is -0.156. The molecule has 1 atom stereocenters. The molecule has 0 fully saturated rings. The fourth-order valence-electron chi connectivity index (χ4n) is 1.33. The SMILES string of the molecule is CCC(CCCC(C)C)OC(C)=O. The molecule has 13 heavy (non-hydrogen) atoms. The number of hydrogen-bond donors (Lipinski definition) is 0. The van der Waals surface area contributed by atoms with Crippen molar-refractivity contribution in [2.45, 2.75) is 59.5 Å². The molecule has 0 N–H and O–H groups in total. The molecular weight excluding hydrogens is 164 g/mol. The zero-order valence-electron chi connectivity index (χ0n) is 9.30. The molecule has 0 spiro atoms. The van der Waals surface area contributed by atoms with Crippen molar-refractivity contribution in [1.82, 2.24) is 0 Å². The van der Waals surface area contributed by atoms with E-state index in [2.05, 4.69) is 20.8 Å². The van der Waals surface area contributed by atoms with Crippen molar-refractivity contribution >= 4 is 5.97 Å². The van der Waals surface area contributed by atoms with Crippen LogP contribution in [0, 0.1) is 5.92 Å². The summed E-state index contributed by atoms with van der Waals surface area (Å²) < 4.78 is 5.14. The summed E-state index contributed by atoms with van der Waals surface area (Å²) in [6.45, 7) is 7.97. The molecule has 1 unspecified atom stereocenters. The van der Waals surface area contributed by atoms with Crippen LogP contribution in [0.5, 0.6) is 0 Å². The Kier molecular flexibility index (Phi) is 6.65. The van der Waals surface area contributed by atoms with Crippen molar-refractivity contribution in [1.29, 1.82) is 0 Å². The van der Waals surface area contributed by atoms with Crippen LogP contribution in [0.3, 0.4) is 0 Å². The summed E-state index contributed by atoms with van der Waals surface area (Å²) in [5.41, 5.74) is 0. The van der Waals surface area contributed by atoms with Crippen LogP contribution in [0.15, 0.2) is 0 Å². The zero-order chi connectivity index (χ0) is 10.3. The van der Waals surface area contributed by atoms with Crippen molar-refractivity contribution in [3.8, 4) is 0 Å². The molecule has 0 bridgehead atoms. The Bertz CT molecular complexity index is 141. The molecular formula is C11H22O2. The number of carbonyl (C=O) groups excluding carboxylic acids is 1. The van der Waals surface area contributed by atoms with Gasteiger partial charge in [-0.3, -0.25) is 4.79 Å². The van der Waals surface area contributed by atoms with E-state index in [9.17, 15) is 4.79 Å². The monoisotopic (exact) mass is 186 g/mol. The molecule has 0 aliphatic rings. The molecule has 0 saturated heterocycles. The van der Waals surface area contributed by atoms with Crippen LogP contribution in [0.25, 0.3) is 0 Å². The predicted molar refractivity (Wildman–Crippen MR) is 54.5 cm³/mol. The van der Waals surface area contributed by atoms with Crippen LogP contribution < -0.4 is 0 Å². The molecule has 0 amide bonds. The van der Waals surface area contributed by atoms with Gasteiger partial charge in [-0.25, -0.2) is 0 Å². The van der Waals surface area contributed by atoms with Gasteiger partial charge in [0.15, 0.2) is 0 Å². The standard InChI is InChI=1S/C11H22O2/c1-5-11(13-10(4)12)8-6-7-9(2)3/h9,11H,5-8H2,1-4H3. The maximum absolute atomic E-state index is 10.7. The van der Waals surface area contributed by atoms with Crippen LogP contribution in [-0.4, -0.2) is 12.1 Å². The second-order valence-electron chi connectivity index (χ2n) is 3.96. The Balaban J connectivity index is 3.53. The van der Waals surface area contributed by atoms with Crippen LogP contribution in [0.1, 0.15) is 53.4 Å². The first-order valence-corrected chi connectivity index (χ1v) is 5.23. The number of ether oxygens (including phenoxy) is 1. The van der Waals surface area contributed by atoms with E-state index in [4.69, 9.17) is 4.74 Å². The third-order valence-electron chi connectivity index (χ3n) is 2.10. The van der Waals surface area contributed by atoms with E-state index in [-0.39, 0.29) is 12.1 Å². The number of esters is 1. The van der Waals surface area contributed by atoms with Crippen LogP contribution in [0.2, 0.25) is 0 Å². The highest BCUT2D eigenvalue weighted by Gasteiger charge is 2.08. The van der Waals surface area contributed by atoms with Crippen molar-refractivity contribution < 1.29 is 9.53 Å². The van der Waals surface area contributed by atoms with Gasteiger partial charge in [0.05, 0.1) is 0 Å². The van der Waals surface area contributed by atoms with Gasteiger partial charge in [0, 0.05) is 6.92 Å². The fraction of sp³-hybridized carbons (Fsp3) is 0.909. The van der Waals surface area contributed by atoms with Crippen molar-refractivity contribution in [3.63, 3.8) is 0 Å². The summed E-state index contributed by atoms with van der Waals surface area (Å²) in [5, 5.41) is 0. The fourth-order valence-corrected chi connectivity index (χ4v) is 1.33. The molecule has 2 heteroatoms. The lowest BCUT2D eigenvalue weighted by Crippen LogP contribution is -2.15. The predicted octanol–water partition coefficient (Wildman–Crippen LogP) is 3.15. The molecule has 0 aliphatic heterocycles. The highest BCUT2D eigenvalue weighted by Crippen LogP contribution is 2.12. The molecule has 0 aromatic carbocycles. The molecule has 0 aliphatic carbocycles. The zero-order valence-corrected chi connectivity index (χ0v) is 9.30. The third kappa shape index (κ3) is 7.82. The first-order chi connectivity index (χ1) is 6.06. The van der Waals surface area contributed by atoms with Crippen molar-refractivity contribution in [2.24, 2.45) is 5.92 Å². The van der Waals surface area contributed by atoms with Crippen LogP contribution in [-0.2, 0) is 9.53 Å². The molecule has 2 nitrogen and oxygen atoms in total. The lowest BCUT2D eigenvalue weighted by atomic mass is 10.0. The Morgan fingerprint density at radius 3 is 2.31 bits per heavy atom. The van der Waals surface area contributed by atoms with Gasteiger partial charge >= 0.3 is 5.97 Å². The van der Waals surface area contributed by atoms with Gasteiger partial charge in [0.25, 0.3) is 0 Å². The normalized spacial score (nSPS) is 13.0. The first kappa shape index (κ1) is 12.5. The Morgan fingerprint density at radius 2 is 1.92 bits per heavy atom. The summed E-state index contributed by atoms with van der Waals surface area (Å²) in [4.78, 5) is 10.7. The summed E-state index contributed by atoms with van der Waals surface area (Å²) in [6.07, 6.45) is 4.45. The number of carbonyl (C=O) groups is 1. The molecule has 0 aromatic heterocycles. The van der Waals surface area contributed by atoms with E-state index in [1.165, 1.54) is 13.3 Å². The number of hydrogen-bond acceptors (Lipinski definition) is 2. The van der Waals surface area contributed by atoms with Gasteiger partial charge in [-0.15, -0.1) is 0 Å². The van der Waals surface area contributed by atoms with E-state index in [1.807, 2.05) is 0 Å². The van der Waals surface area contributed by atoms with Gasteiger partial charge < -0.3 is 4.74 Å². The average molecular weight is 186 g/mol. The summed E-state index contributed by atoms with van der Waals surface area (Å²) in [7, 11) is 0. The lowest BCUT2D eigenvalue weighted by Gasteiger charge is -2.15. The largest absolute Gasteiger partial charge is 0.463 e. The molecule has 0 saturated carbocycles. The Morgan fingerprint density at radius 1 is 1.31 bits per heavy atom. The second-order valence-corrected chi connectivity index (χ2v) is 3.96. The molecule has 0 heterocycles. The summed E-state index contributed by atoms with van der Waals surface area (Å²) in [5.74, 6) is 0.589. The second kappa shape index (κ2) is 6.93. The smallest absolute Gasteiger partial charge is 0.302 e. The topological polar surface area (TPSA) is 26.3 Å². The molecule has 0 radical (unpaired) electrons. The summed E-state index contributed by atoms with van der Waals surface area (Å²) in [6, 6.07) is 0. The average Bonchev–Trinajstić information content (AvgIpc) is 2.01. The Hall–Kier alpha value is -0.530. The third-order valence-corrected chi connectivity index (χ3v) is 2.10. The van der Waals surface area contributed by atoms with Gasteiger partial charge in [0.1, 0.15) is 6.10 Å². The van der Waals surface area contributed by atoms with Gasteiger partial charge in [-0.2, -0.15) is 0 Å². The lowest BCUT2D eigenvalue weighted by molar-refractivity contribution is -0.146. The van der Waals surface area contributed by atoms with E-state index in [0.29, 0.717) is 0 Å². The van der Waals surface area contributed by atoms with Gasteiger partial charge in [-0.1, -0.05) is 27.2 Å². The minimum absolute atomic E-state index is 0.135. The molecule has 0 aromatic rings. The highest BCUT2D eigenvalue weighted by molar-refractivity contribution is 5.66. The maximum atomic E-state index is 10.7. The molecule has 78 valence electrons.